The van der Waals surface area contributed by atoms with E-state index < -0.39 is 0 Å². The molecular formula is C13H27N3O. The van der Waals surface area contributed by atoms with Gasteiger partial charge in [-0.2, -0.15) is 0 Å². The van der Waals surface area contributed by atoms with Crippen molar-refractivity contribution < 1.29 is 4.74 Å². The third-order valence-electron chi connectivity index (χ3n) is 4.39. The van der Waals surface area contributed by atoms with Crippen LogP contribution >= 0.6 is 0 Å². The maximum absolute atomic E-state index is 5.58. The lowest BCUT2D eigenvalue weighted by Gasteiger charge is -2.40. The van der Waals surface area contributed by atoms with E-state index >= 15 is 0 Å². The summed E-state index contributed by atoms with van der Waals surface area (Å²) < 4.78 is 5.58. The zero-order chi connectivity index (χ0) is 12.3. The van der Waals surface area contributed by atoms with Gasteiger partial charge in [-0.15, -0.1) is 0 Å². The van der Waals surface area contributed by atoms with Crippen molar-refractivity contribution >= 4 is 0 Å². The molecule has 0 aromatic carbocycles. The lowest BCUT2D eigenvalue weighted by Crippen LogP contribution is -2.53. The molecule has 2 fully saturated rings. The van der Waals surface area contributed by atoms with Crippen molar-refractivity contribution in [2.45, 2.75) is 25.4 Å². The van der Waals surface area contributed by atoms with E-state index in [2.05, 4.69) is 29.1 Å². The summed E-state index contributed by atoms with van der Waals surface area (Å²) >= 11 is 0. The van der Waals surface area contributed by atoms with E-state index in [9.17, 15) is 0 Å². The maximum atomic E-state index is 5.58. The molecule has 0 amide bonds. The molecule has 2 heterocycles. The zero-order valence-corrected chi connectivity index (χ0v) is 11.5. The Morgan fingerprint density at radius 3 is 2.82 bits per heavy atom. The number of likely N-dealkylation sites (N-methyl/N-ethyl adjacent to an activating group) is 2. The quantitative estimate of drug-likeness (QED) is 0.763. The van der Waals surface area contributed by atoms with Gasteiger partial charge in [-0.1, -0.05) is 6.92 Å². The van der Waals surface area contributed by atoms with Crippen molar-refractivity contribution in [3.05, 3.63) is 0 Å². The van der Waals surface area contributed by atoms with Crippen LogP contribution < -0.4 is 5.32 Å². The second kappa shape index (κ2) is 6.14. The van der Waals surface area contributed by atoms with Crippen LogP contribution in [0.2, 0.25) is 0 Å². The van der Waals surface area contributed by atoms with Crippen molar-refractivity contribution in [3.8, 4) is 0 Å². The molecule has 0 aliphatic carbocycles. The molecule has 0 radical (unpaired) electrons. The van der Waals surface area contributed by atoms with E-state index in [0.717, 1.165) is 19.3 Å². The SMILES string of the molecule is CCC1CN(CC2COCC2NC)CCN1C. The van der Waals surface area contributed by atoms with Crippen LogP contribution in [0, 0.1) is 5.92 Å². The monoisotopic (exact) mass is 241 g/mol. The van der Waals surface area contributed by atoms with Gasteiger partial charge in [0.1, 0.15) is 0 Å². The molecule has 0 aromatic rings. The Balaban J connectivity index is 1.82. The Morgan fingerprint density at radius 2 is 2.12 bits per heavy atom. The standard InChI is InChI=1S/C13H27N3O/c1-4-12-8-16(6-5-15(12)3)7-11-9-17-10-13(11)14-2/h11-14H,4-10H2,1-3H3. The minimum Gasteiger partial charge on any atom is -0.379 e. The zero-order valence-electron chi connectivity index (χ0n) is 11.5. The van der Waals surface area contributed by atoms with E-state index in [-0.39, 0.29) is 0 Å². The summed E-state index contributed by atoms with van der Waals surface area (Å²) in [7, 11) is 4.30. The number of rotatable bonds is 4. The highest BCUT2D eigenvalue weighted by atomic mass is 16.5. The normalized spacial score (nSPS) is 36.5. The highest BCUT2D eigenvalue weighted by Gasteiger charge is 2.31. The van der Waals surface area contributed by atoms with Crippen molar-refractivity contribution in [3.63, 3.8) is 0 Å². The number of nitrogens with one attached hydrogen (secondary N) is 1. The van der Waals surface area contributed by atoms with Crippen LogP contribution in [0.5, 0.6) is 0 Å². The number of nitrogens with zero attached hydrogens (tertiary/aromatic N) is 2. The van der Waals surface area contributed by atoms with Crippen LogP contribution in [0.3, 0.4) is 0 Å². The second-order valence-electron chi connectivity index (χ2n) is 5.49. The number of piperazine rings is 1. The number of hydrogen-bond donors (Lipinski definition) is 1. The Kier molecular flexibility index (Phi) is 4.79. The summed E-state index contributed by atoms with van der Waals surface area (Å²) in [6.07, 6.45) is 1.25. The molecule has 0 aromatic heterocycles. The van der Waals surface area contributed by atoms with Crippen molar-refractivity contribution in [2.75, 3.05) is 53.5 Å². The molecule has 1 N–H and O–H groups in total. The minimum atomic E-state index is 0.551. The van der Waals surface area contributed by atoms with E-state index in [1.807, 2.05) is 7.05 Å². The molecule has 0 saturated carbocycles. The molecule has 2 saturated heterocycles. The van der Waals surface area contributed by atoms with Crippen LogP contribution in [-0.4, -0.2) is 75.4 Å². The summed E-state index contributed by atoms with van der Waals surface area (Å²) in [5, 5.41) is 3.38. The minimum absolute atomic E-state index is 0.551. The summed E-state index contributed by atoms with van der Waals surface area (Å²) in [4.78, 5) is 5.12. The van der Waals surface area contributed by atoms with Gasteiger partial charge in [0.2, 0.25) is 0 Å². The highest BCUT2D eigenvalue weighted by molar-refractivity contribution is 4.86. The first-order valence-corrected chi connectivity index (χ1v) is 6.92. The van der Waals surface area contributed by atoms with Crippen molar-refractivity contribution in [2.24, 2.45) is 5.92 Å². The molecule has 2 aliphatic heterocycles. The fourth-order valence-corrected chi connectivity index (χ4v) is 3.05. The van der Waals surface area contributed by atoms with Crippen LogP contribution in [0.15, 0.2) is 0 Å². The summed E-state index contributed by atoms with van der Waals surface area (Å²) in [6, 6.07) is 1.29. The Labute approximate surface area is 105 Å². The average molecular weight is 241 g/mol. The van der Waals surface area contributed by atoms with E-state index in [1.165, 1.54) is 32.6 Å². The van der Waals surface area contributed by atoms with Crippen molar-refractivity contribution in [1.82, 2.24) is 15.1 Å². The van der Waals surface area contributed by atoms with Gasteiger partial charge in [-0.25, -0.2) is 0 Å². The first kappa shape index (κ1) is 13.3. The van der Waals surface area contributed by atoms with Gasteiger partial charge in [-0.05, 0) is 20.5 Å². The average Bonchev–Trinajstić information content (AvgIpc) is 2.79. The Hall–Kier alpha value is -0.160. The molecule has 4 heteroatoms. The van der Waals surface area contributed by atoms with Crippen LogP contribution in [-0.2, 0) is 4.74 Å². The second-order valence-corrected chi connectivity index (χ2v) is 5.49. The summed E-state index contributed by atoms with van der Waals surface area (Å²) in [5.74, 6) is 0.668. The van der Waals surface area contributed by atoms with Gasteiger partial charge in [0.05, 0.1) is 13.2 Å². The fraction of sp³-hybridized carbons (Fsp3) is 1.00. The molecule has 3 atom stereocenters. The number of ether oxygens (including phenoxy) is 1. The highest BCUT2D eigenvalue weighted by Crippen LogP contribution is 2.18. The number of hydrogen-bond acceptors (Lipinski definition) is 4. The van der Waals surface area contributed by atoms with Gasteiger partial charge in [0.15, 0.2) is 0 Å². The van der Waals surface area contributed by atoms with E-state index in [4.69, 9.17) is 4.74 Å². The predicted octanol–water partition coefficient (Wildman–Crippen LogP) is 0.247. The maximum Gasteiger partial charge on any atom is 0.0623 e. The van der Waals surface area contributed by atoms with Crippen LogP contribution in [0.1, 0.15) is 13.3 Å². The molecule has 0 bridgehead atoms. The molecule has 2 aliphatic rings. The van der Waals surface area contributed by atoms with Crippen LogP contribution in [0.4, 0.5) is 0 Å². The van der Waals surface area contributed by atoms with E-state index in [0.29, 0.717) is 12.0 Å². The van der Waals surface area contributed by atoms with Gasteiger partial charge in [-0.3, -0.25) is 0 Å². The van der Waals surface area contributed by atoms with Crippen LogP contribution in [0.25, 0.3) is 0 Å². The van der Waals surface area contributed by atoms with Gasteiger partial charge >= 0.3 is 0 Å². The van der Waals surface area contributed by atoms with Crippen molar-refractivity contribution in [1.29, 1.82) is 0 Å². The molecule has 0 spiro atoms. The largest absolute Gasteiger partial charge is 0.379 e. The Bertz CT molecular complexity index is 237. The topological polar surface area (TPSA) is 27.7 Å². The third kappa shape index (κ3) is 3.19. The molecule has 17 heavy (non-hydrogen) atoms. The summed E-state index contributed by atoms with van der Waals surface area (Å²) in [6.45, 7) is 8.92. The molecule has 3 unspecified atom stereocenters. The fourth-order valence-electron chi connectivity index (χ4n) is 3.05. The lowest BCUT2D eigenvalue weighted by atomic mass is 10.0. The first-order chi connectivity index (χ1) is 8.24. The van der Waals surface area contributed by atoms with Gasteiger partial charge in [0.25, 0.3) is 0 Å². The predicted molar refractivity (Wildman–Crippen MR) is 70.3 cm³/mol. The van der Waals surface area contributed by atoms with E-state index in [1.54, 1.807) is 0 Å². The lowest BCUT2D eigenvalue weighted by molar-refractivity contribution is 0.0767. The molecule has 4 nitrogen and oxygen atoms in total. The first-order valence-electron chi connectivity index (χ1n) is 6.92. The summed E-state index contributed by atoms with van der Waals surface area (Å²) in [5.41, 5.74) is 0. The molecule has 100 valence electrons. The van der Waals surface area contributed by atoms with Gasteiger partial charge in [0, 0.05) is 44.2 Å². The molecule has 2 rings (SSSR count). The molecular weight excluding hydrogens is 214 g/mol. The smallest absolute Gasteiger partial charge is 0.0623 e. The Morgan fingerprint density at radius 1 is 1.29 bits per heavy atom. The van der Waals surface area contributed by atoms with Gasteiger partial charge < -0.3 is 19.9 Å². The third-order valence-corrected chi connectivity index (χ3v) is 4.39.